The van der Waals surface area contributed by atoms with Gasteiger partial charge in [0.25, 0.3) is 0 Å². The van der Waals surface area contributed by atoms with Gasteiger partial charge in [-0.15, -0.1) is 0 Å². The quantitative estimate of drug-likeness (QED) is 0.750. The molecule has 1 aromatic heterocycles. The Morgan fingerprint density at radius 2 is 1.87 bits per heavy atom. The van der Waals surface area contributed by atoms with Gasteiger partial charge in [0.1, 0.15) is 5.82 Å². The molecule has 4 rings (SSSR count). The van der Waals surface area contributed by atoms with Crippen LogP contribution < -0.4 is 9.47 Å². The number of hydrogen-bond acceptors (Lipinski definition) is 5. The number of aryl methyl sites for hydroxylation is 2. The lowest BCUT2D eigenvalue weighted by atomic mass is 9.79. The molecular weight excluding hydrogens is 376 g/mol. The van der Waals surface area contributed by atoms with E-state index in [-0.39, 0.29) is 0 Å². The average molecular weight is 413 g/mol. The summed E-state index contributed by atoms with van der Waals surface area (Å²) in [6.07, 6.45) is 4.84. The van der Waals surface area contributed by atoms with Gasteiger partial charge in [0, 0.05) is 43.9 Å². The number of hydrogen-bond donors (Lipinski definition) is 1. The van der Waals surface area contributed by atoms with Crippen LogP contribution in [0, 0.1) is 12.3 Å². The molecule has 6 nitrogen and oxygen atoms in total. The number of aromatic amines is 1. The van der Waals surface area contributed by atoms with Crippen molar-refractivity contribution in [2.24, 2.45) is 5.41 Å². The molecule has 0 radical (unpaired) electrons. The molecule has 1 atom stereocenters. The minimum Gasteiger partial charge on any atom is -0.493 e. The molecule has 0 saturated carbocycles. The van der Waals surface area contributed by atoms with Crippen molar-refractivity contribution < 1.29 is 9.47 Å². The third-order valence-electron chi connectivity index (χ3n) is 6.88. The molecule has 6 heteroatoms. The highest BCUT2D eigenvalue weighted by Gasteiger charge is 2.41. The van der Waals surface area contributed by atoms with E-state index in [9.17, 15) is 0 Å². The van der Waals surface area contributed by atoms with E-state index < -0.39 is 0 Å². The molecule has 1 aromatic carbocycles. The van der Waals surface area contributed by atoms with Crippen molar-refractivity contribution in [2.45, 2.75) is 52.6 Å². The van der Waals surface area contributed by atoms with Gasteiger partial charge in [-0.2, -0.15) is 0 Å². The van der Waals surface area contributed by atoms with E-state index in [0.717, 1.165) is 49.9 Å². The number of piperidine rings is 1. The van der Waals surface area contributed by atoms with Gasteiger partial charge in [-0.1, -0.05) is 19.1 Å². The number of nitrogens with one attached hydrogen (secondary N) is 1. The number of H-pyrrole nitrogens is 1. The number of para-hydroxylation sites is 1. The van der Waals surface area contributed by atoms with Crippen molar-refractivity contribution in [1.82, 2.24) is 19.8 Å². The van der Waals surface area contributed by atoms with E-state index in [0.29, 0.717) is 5.41 Å². The number of likely N-dealkylation sites (tertiary alicyclic amines) is 2. The molecule has 3 heterocycles. The van der Waals surface area contributed by atoms with Crippen molar-refractivity contribution in [2.75, 3.05) is 40.4 Å². The molecule has 30 heavy (non-hydrogen) atoms. The third kappa shape index (κ3) is 4.35. The maximum atomic E-state index is 5.66. The third-order valence-corrected chi connectivity index (χ3v) is 6.88. The largest absolute Gasteiger partial charge is 0.493 e. The fraction of sp³-hybridized carbons (Fsp3) is 0.625. The first-order chi connectivity index (χ1) is 14.6. The summed E-state index contributed by atoms with van der Waals surface area (Å²) in [6, 6.07) is 6.19. The lowest BCUT2D eigenvalue weighted by Gasteiger charge is -2.40. The van der Waals surface area contributed by atoms with Crippen LogP contribution in [0.25, 0.3) is 0 Å². The van der Waals surface area contributed by atoms with E-state index in [1.807, 2.05) is 6.07 Å². The summed E-state index contributed by atoms with van der Waals surface area (Å²) >= 11 is 0. The SMILES string of the molecule is CCc1nc(CN2CC[C@@]3(CCCN(Cc4cccc(OC)c4OC)C3)C2)c(C)[nH]1. The monoisotopic (exact) mass is 412 g/mol. The highest BCUT2D eigenvalue weighted by atomic mass is 16.5. The topological polar surface area (TPSA) is 53.6 Å². The van der Waals surface area contributed by atoms with Crippen molar-refractivity contribution >= 4 is 0 Å². The molecule has 2 aromatic rings. The van der Waals surface area contributed by atoms with Gasteiger partial charge < -0.3 is 14.5 Å². The number of imidazole rings is 1. The average Bonchev–Trinajstić information content (AvgIpc) is 3.30. The van der Waals surface area contributed by atoms with E-state index in [1.165, 1.54) is 49.3 Å². The van der Waals surface area contributed by atoms with Crippen molar-refractivity contribution in [3.05, 3.63) is 41.0 Å². The lowest BCUT2D eigenvalue weighted by molar-refractivity contribution is 0.0857. The lowest BCUT2D eigenvalue weighted by Crippen LogP contribution is -2.44. The Kier molecular flexibility index (Phi) is 6.34. The number of aromatic nitrogens is 2. The first kappa shape index (κ1) is 21.2. The Morgan fingerprint density at radius 3 is 2.57 bits per heavy atom. The second-order valence-corrected chi connectivity index (χ2v) is 9.04. The second kappa shape index (κ2) is 8.98. The first-order valence-electron chi connectivity index (χ1n) is 11.2. The molecule has 164 valence electrons. The van der Waals surface area contributed by atoms with Crippen molar-refractivity contribution in [1.29, 1.82) is 0 Å². The number of nitrogens with zero attached hydrogens (tertiary/aromatic N) is 3. The summed E-state index contributed by atoms with van der Waals surface area (Å²) in [6.45, 7) is 10.8. The predicted octanol–water partition coefficient (Wildman–Crippen LogP) is 3.79. The summed E-state index contributed by atoms with van der Waals surface area (Å²) in [7, 11) is 3.43. The van der Waals surface area contributed by atoms with Crippen LogP contribution in [0.5, 0.6) is 11.5 Å². The Bertz CT molecular complexity index is 865. The molecule has 2 aliphatic heterocycles. The molecule has 2 saturated heterocycles. The Hall–Kier alpha value is -2.05. The number of ether oxygens (including phenoxy) is 2. The molecule has 0 unspecified atom stereocenters. The normalized spacial score (nSPS) is 22.7. The molecule has 1 spiro atoms. The van der Waals surface area contributed by atoms with Crippen LogP contribution in [-0.4, -0.2) is 60.2 Å². The molecule has 2 aliphatic rings. The number of benzene rings is 1. The Morgan fingerprint density at radius 1 is 1.07 bits per heavy atom. The Balaban J connectivity index is 1.41. The molecule has 0 bridgehead atoms. The van der Waals surface area contributed by atoms with E-state index in [4.69, 9.17) is 14.5 Å². The van der Waals surface area contributed by atoms with Crippen LogP contribution in [0.2, 0.25) is 0 Å². The zero-order valence-electron chi connectivity index (χ0n) is 19.0. The highest BCUT2D eigenvalue weighted by molar-refractivity contribution is 5.46. The minimum atomic E-state index is 0.405. The van der Waals surface area contributed by atoms with Gasteiger partial charge in [-0.25, -0.2) is 4.98 Å². The van der Waals surface area contributed by atoms with Gasteiger partial charge in [0.15, 0.2) is 11.5 Å². The molecule has 0 amide bonds. The van der Waals surface area contributed by atoms with Crippen LogP contribution in [0.4, 0.5) is 0 Å². The molecule has 0 aliphatic carbocycles. The maximum Gasteiger partial charge on any atom is 0.165 e. The van der Waals surface area contributed by atoms with Gasteiger partial charge in [0.05, 0.1) is 19.9 Å². The molecule has 1 N–H and O–H groups in total. The van der Waals surface area contributed by atoms with E-state index in [1.54, 1.807) is 14.2 Å². The zero-order valence-corrected chi connectivity index (χ0v) is 19.0. The first-order valence-corrected chi connectivity index (χ1v) is 11.2. The summed E-state index contributed by atoms with van der Waals surface area (Å²) in [5.74, 6) is 2.79. The van der Waals surface area contributed by atoms with Gasteiger partial charge >= 0.3 is 0 Å². The summed E-state index contributed by atoms with van der Waals surface area (Å²) in [5.41, 5.74) is 4.06. The van der Waals surface area contributed by atoms with Gasteiger partial charge in [0.2, 0.25) is 0 Å². The van der Waals surface area contributed by atoms with Crippen LogP contribution in [0.1, 0.15) is 49.0 Å². The second-order valence-electron chi connectivity index (χ2n) is 9.04. The van der Waals surface area contributed by atoms with E-state index >= 15 is 0 Å². The number of rotatable bonds is 7. The standard InChI is InChI=1S/C24H36N4O2/c1-5-22-25-18(2)20(26-22)15-28-13-11-24(17-28)10-7-12-27(16-24)14-19-8-6-9-21(29-3)23(19)30-4/h6,8-9H,5,7,10-17H2,1-4H3,(H,25,26)/t24-/m1/s1. The Labute approximate surface area is 180 Å². The van der Waals surface area contributed by atoms with Crippen LogP contribution in [0.15, 0.2) is 18.2 Å². The maximum absolute atomic E-state index is 5.66. The van der Waals surface area contributed by atoms with Crippen LogP contribution in [0.3, 0.4) is 0 Å². The van der Waals surface area contributed by atoms with E-state index in [2.05, 4.69) is 40.8 Å². The van der Waals surface area contributed by atoms with Gasteiger partial charge in [-0.05, 0) is 50.8 Å². The van der Waals surface area contributed by atoms with Gasteiger partial charge in [-0.3, -0.25) is 9.80 Å². The molecular formula is C24H36N4O2. The highest BCUT2D eigenvalue weighted by Crippen LogP contribution is 2.41. The molecule has 2 fully saturated rings. The minimum absolute atomic E-state index is 0.405. The van der Waals surface area contributed by atoms with Crippen LogP contribution >= 0.6 is 0 Å². The smallest absolute Gasteiger partial charge is 0.165 e. The summed E-state index contributed by atoms with van der Waals surface area (Å²) in [4.78, 5) is 13.4. The summed E-state index contributed by atoms with van der Waals surface area (Å²) < 4.78 is 11.2. The fourth-order valence-electron chi connectivity index (χ4n) is 5.36. The predicted molar refractivity (Wildman–Crippen MR) is 119 cm³/mol. The van der Waals surface area contributed by atoms with Crippen molar-refractivity contribution in [3.8, 4) is 11.5 Å². The van der Waals surface area contributed by atoms with Crippen LogP contribution in [-0.2, 0) is 19.5 Å². The van der Waals surface area contributed by atoms with Crippen molar-refractivity contribution in [3.63, 3.8) is 0 Å². The zero-order chi connectivity index (χ0) is 21.1. The fourth-order valence-corrected chi connectivity index (χ4v) is 5.36. The summed E-state index contributed by atoms with van der Waals surface area (Å²) in [5, 5.41) is 0. The number of methoxy groups -OCH3 is 2.